The number of halogens is 4. The number of carbonyl (C=O) groups excluding carboxylic acids is 1. The maximum absolute atomic E-state index is 12.6. The molecule has 0 aromatic carbocycles. The monoisotopic (exact) mass is 437 g/mol. The Balaban J connectivity index is 2.65. The van der Waals surface area contributed by atoms with E-state index < -0.39 is 11.7 Å². The van der Waals surface area contributed by atoms with Gasteiger partial charge in [-0.25, -0.2) is 9.98 Å². The van der Waals surface area contributed by atoms with Crippen molar-refractivity contribution in [2.75, 3.05) is 33.3 Å². The summed E-state index contributed by atoms with van der Waals surface area (Å²) in [6, 6.07) is 0.763. The molecule has 29 heavy (non-hydrogen) atoms. The summed E-state index contributed by atoms with van der Waals surface area (Å²) in [5.74, 6) is 0.243. The van der Waals surface area contributed by atoms with Crippen LogP contribution in [-0.4, -0.2) is 60.6 Å². The van der Waals surface area contributed by atoms with Gasteiger partial charge in [0.25, 0.3) is 0 Å². The van der Waals surface area contributed by atoms with Gasteiger partial charge in [0, 0.05) is 25.3 Å². The highest BCUT2D eigenvalue weighted by atomic mass is 35.5. The van der Waals surface area contributed by atoms with E-state index in [-0.39, 0.29) is 42.0 Å². The molecule has 164 valence electrons. The number of amides is 1. The molecule has 0 bridgehead atoms. The zero-order valence-electron chi connectivity index (χ0n) is 17.2. The molecule has 1 aromatic heterocycles. The number of hydrogen-bond acceptors (Lipinski definition) is 4. The average molecular weight is 438 g/mol. The van der Waals surface area contributed by atoms with Crippen molar-refractivity contribution in [1.82, 2.24) is 20.5 Å². The first kappa shape index (κ1) is 24.8. The van der Waals surface area contributed by atoms with E-state index in [1.807, 2.05) is 27.7 Å². The van der Waals surface area contributed by atoms with Gasteiger partial charge in [0.05, 0.1) is 18.7 Å². The Morgan fingerprint density at radius 1 is 1.34 bits per heavy atom. The smallest absolute Gasteiger partial charge is 0.417 e. The van der Waals surface area contributed by atoms with Crippen molar-refractivity contribution in [2.45, 2.75) is 39.4 Å². The van der Waals surface area contributed by atoms with Crippen molar-refractivity contribution in [2.24, 2.45) is 4.99 Å². The van der Waals surface area contributed by atoms with Gasteiger partial charge in [0.2, 0.25) is 11.8 Å². The molecular weight excluding hydrogens is 411 g/mol. The molecule has 0 aliphatic carbocycles. The number of hydrogen-bond donors (Lipinski definition) is 2. The predicted molar refractivity (Wildman–Crippen MR) is 106 cm³/mol. The summed E-state index contributed by atoms with van der Waals surface area (Å²) in [7, 11) is 1.72. The number of ether oxygens (including phenoxy) is 1. The third-order valence-corrected chi connectivity index (χ3v) is 3.59. The Morgan fingerprint density at radius 3 is 2.52 bits per heavy atom. The first-order valence-electron chi connectivity index (χ1n) is 8.99. The van der Waals surface area contributed by atoms with Crippen LogP contribution in [0.5, 0.6) is 5.88 Å². The SMILES string of the molecule is CCNC(=NCCOc1ncc(C(F)(F)F)cc1Cl)N(C)CC(=O)NC(C)(C)C. The largest absolute Gasteiger partial charge is 0.475 e. The Kier molecular flexibility index (Phi) is 9.00. The zero-order valence-corrected chi connectivity index (χ0v) is 17.9. The third kappa shape index (κ3) is 9.21. The van der Waals surface area contributed by atoms with Gasteiger partial charge in [-0.05, 0) is 33.8 Å². The molecule has 0 fully saturated rings. The summed E-state index contributed by atoms with van der Waals surface area (Å²) >= 11 is 5.80. The van der Waals surface area contributed by atoms with E-state index in [1.165, 1.54) is 0 Å². The molecule has 0 spiro atoms. The van der Waals surface area contributed by atoms with Crippen molar-refractivity contribution in [1.29, 1.82) is 0 Å². The second-order valence-corrected chi connectivity index (χ2v) is 7.65. The van der Waals surface area contributed by atoms with Crippen LogP contribution in [0.3, 0.4) is 0 Å². The standard InChI is InChI=1S/C18H27ClF3N5O2/c1-6-23-16(27(5)11-14(28)26-17(2,3)4)24-7-8-29-15-13(19)9-12(10-25-15)18(20,21)22/h9-10H,6-8,11H2,1-5H3,(H,23,24)(H,26,28). The number of pyridine rings is 1. The van der Waals surface area contributed by atoms with E-state index in [9.17, 15) is 18.0 Å². The van der Waals surface area contributed by atoms with E-state index in [4.69, 9.17) is 16.3 Å². The van der Waals surface area contributed by atoms with Crippen LogP contribution in [0.15, 0.2) is 17.3 Å². The van der Waals surface area contributed by atoms with Crippen molar-refractivity contribution in [3.8, 4) is 5.88 Å². The molecule has 0 unspecified atom stereocenters. The van der Waals surface area contributed by atoms with Crippen LogP contribution >= 0.6 is 11.6 Å². The second kappa shape index (κ2) is 10.5. The first-order valence-corrected chi connectivity index (χ1v) is 9.37. The van der Waals surface area contributed by atoms with Crippen molar-refractivity contribution in [3.05, 3.63) is 22.8 Å². The van der Waals surface area contributed by atoms with Gasteiger partial charge in [-0.15, -0.1) is 0 Å². The summed E-state index contributed by atoms with van der Waals surface area (Å²) < 4.78 is 43.2. The van der Waals surface area contributed by atoms with Crippen LogP contribution in [-0.2, 0) is 11.0 Å². The number of aromatic nitrogens is 1. The molecule has 1 aromatic rings. The Morgan fingerprint density at radius 2 is 2.00 bits per heavy atom. The zero-order chi connectivity index (χ0) is 22.2. The highest BCUT2D eigenvalue weighted by molar-refractivity contribution is 6.31. The lowest BCUT2D eigenvalue weighted by Crippen LogP contribution is -2.48. The molecule has 7 nitrogen and oxygen atoms in total. The third-order valence-electron chi connectivity index (χ3n) is 3.32. The lowest BCUT2D eigenvalue weighted by molar-refractivity contribution is -0.137. The van der Waals surface area contributed by atoms with Gasteiger partial charge in [0.15, 0.2) is 5.96 Å². The van der Waals surface area contributed by atoms with Gasteiger partial charge in [-0.2, -0.15) is 13.2 Å². The number of carbonyl (C=O) groups is 1. The fourth-order valence-electron chi connectivity index (χ4n) is 2.20. The average Bonchev–Trinajstić information content (AvgIpc) is 2.55. The molecule has 2 N–H and O–H groups in total. The van der Waals surface area contributed by atoms with E-state index in [2.05, 4.69) is 20.6 Å². The maximum Gasteiger partial charge on any atom is 0.417 e. The van der Waals surface area contributed by atoms with Crippen LogP contribution in [0.4, 0.5) is 13.2 Å². The Labute approximate surface area is 173 Å². The highest BCUT2D eigenvalue weighted by Gasteiger charge is 2.31. The topological polar surface area (TPSA) is 78.9 Å². The normalized spacial score (nSPS) is 12.5. The fourth-order valence-corrected chi connectivity index (χ4v) is 2.42. The van der Waals surface area contributed by atoms with Crippen LogP contribution in [0.1, 0.15) is 33.3 Å². The minimum Gasteiger partial charge on any atom is -0.475 e. The Hall–Kier alpha value is -2.23. The first-order chi connectivity index (χ1) is 13.3. The number of alkyl halides is 3. The molecule has 0 aliphatic heterocycles. The van der Waals surface area contributed by atoms with Gasteiger partial charge < -0.3 is 20.3 Å². The summed E-state index contributed by atoms with van der Waals surface area (Å²) in [5.41, 5.74) is -1.28. The molecule has 0 atom stereocenters. The molecule has 0 radical (unpaired) electrons. The molecule has 1 rings (SSSR count). The van der Waals surface area contributed by atoms with E-state index >= 15 is 0 Å². The van der Waals surface area contributed by atoms with Crippen molar-refractivity contribution >= 4 is 23.5 Å². The minimum absolute atomic E-state index is 0.0506. The molecule has 1 heterocycles. The molecule has 11 heteroatoms. The summed E-state index contributed by atoms with van der Waals surface area (Å²) in [6.45, 7) is 8.50. The van der Waals surface area contributed by atoms with E-state index in [0.717, 1.165) is 6.07 Å². The summed E-state index contributed by atoms with van der Waals surface area (Å²) in [6.07, 6.45) is -3.86. The Bertz CT molecular complexity index is 720. The fraction of sp³-hybridized carbons (Fsp3) is 0.611. The minimum atomic E-state index is -4.52. The van der Waals surface area contributed by atoms with Crippen LogP contribution < -0.4 is 15.4 Å². The lowest BCUT2D eigenvalue weighted by Gasteiger charge is -2.25. The van der Waals surface area contributed by atoms with Crippen molar-refractivity contribution in [3.63, 3.8) is 0 Å². The molecule has 0 aliphatic rings. The van der Waals surface area contributed by atoms with Crippen LogP contribution in [0.2, 0.25) is 5.02 Å². The quantitative estimate of drug-likeness (QED) is 0.389. The number of likely N-dealkylation sites (N-methyl/N-ethyl adjacent to an activating group) is 1. The number of aliphatic imine (C=N–C) groups is 1. The van der Waals surface area contributed by atoms with Gasteiger partial charge in [0.1, 0.15) is 11.6 Å². The van der Waals surface area contributed by atoms with Crippen molar-refractivity contribution < 1.29 is 22.7 Å². The molecule has 0 saturated carbocycles. The molecular formula is C18H27ClF3N5O2. The van der Waals surface area contributed by atoms with E-state index in [0.29, 0.717) is 18.7 Å². The highest BCUT2D eigenvalue weighted by Crippen LogP contribution is 2.32. The van der Waals surface area contributed by atoms with Crippen LogP contribution in [0.25, 0.3) is 0 Å². The number of nitrogens with one attached hydrogen (secondary N) is 2. The lowest BCUT2D eigenvalue weighted by atomic mass is 10.1. The van der Waals surface area contributed by atoms with Gasteiger partial charge in [-0.3, -0.25) is 4.79 Å². The molecule has 0 saturated heterocycles. The molecule has 1 amide bonds. The van der Waals surface area contributed by atoms with E-state index in [1.54, 1.807) is 11.9 Å². The predicted octanol–water partition coefficient (Wildman–Crippen LogP) is 2.94. The number of rotatable bonds is 7. The summed E-state index contributed by atoms with van der Waals surface area (Å²) in [4.78, 5) is 21.7. The van der Waals surface area contributed by atoms with Crippen LogP contribution in [0, 0.1) is 0 Å². The maximum atomic E-state index is 12.6. The second-order valence-electron chi connectivity index (χ2n) is 7.25. The number of nitrogens with zero attached hydrogens (tertiary/aromatic N) is 3. The number of guanidine groups is 1. The van der Waals surface area contributed by atoms with Gasteiger partial charge >= 0.3 is 6.18 Å². The van der Waals surface area contributed by atoms with Gasteiger partial charge in [-0.1, -0.05) is 11.6 Å². The summed E-state index contributed by atoms with van der Waals surface area (Å²) in [5, 5.41) is 5.69.